The van der Waals surface area contributed by atoms with E-state index in [1.807, 2.05) is 0 Å². The highest BCUT2D eigenvalue weighted by Gasteiger charge is 2.18. The van der Waals surface area contributed by atoms with E-state index in [0.717, 1.165) is 0 Å². The molecular weight excluding hydrogens is 208 g/mol. The minimum absolute atomic E-state index is 0.0492. The van der Waals surface area contributed by atoms with E-state index in [1.54, 1.807) is 6.07 Å². The van der Waals surface area contributed by atoms with Gasteiger partial charge in [0.25, 0.3) is 0 Å². The summed E-state index contributed by atoms with van der Waals surface area (Å²) in [4.78, 5) is 10.1. The summed E-state index contributed by atoms with van der Waals surface area (Å²) in [5.41, 5.74) is -0.203. The van der Waals surface area contributed by atoms with Crippen LogP contribution >= 0.6 is 11.6 Å². The molecule has 0 radical (unpaired) electrons. The maximum Gasteiger partial charge on any atom is 0.301 e. The number of benzene rings is 1. The number of hydrogen-bond donors (Lipinski definition) is 1. The van der Waals surface area contributed by atoms with Crippen LogP contribution in [0.5, 0.6) is 0 Å². The van der Waals surface area contributed by atoms with Crippen molar-refractivity contribution in [3.63, 3.8) is 0 Å². The Bertz CT molecular complexity index is 526. The van der Waals surface area contributed by atoms with Gasteiger partial charge in [0.05, 0.1) is 4.92 Å². The van der Waals surface area contributed by atoms with Crippen molar-refractivity contribution >= 4 is 29.7 Å². The number of fused-ring (bicyclic) bond motifs is 1. The van der Waals surface area contributed by atoms with Crippen LogP contribution in [0.25, 0.3) is 12.4 Å². The van der Waals surface area contributed by atoms with Crippen molar-refractivity contribution in [3.8, 4) is 0 Å². The van der Waals surface area contributed by atoms with Gasteiger partial charge in [0, 0.05) is 5.22 Å². The quantitative estimate of drug-likeness (QED) is 0.373. The number of nitro groups is 1. The molecule has 1 atom stereocenters. The summed E-state index contributed by atoms with van der Waals surface area (Å²) >= 11 is 5.66. The molecule has 0 bridgehead atoms. The summed E-state index contributed by atoms with van der Waals surface area (Å²) in [5, 5.41) is 22.3. The van der Waals surface area contributed by atoms with E-state index in [4.69, 9.17) is 11.6 Å². The number of nitro benzene ring substituents is 1. The number of hydroxylamine groups is 2. The summed E-state index contributed by atoms with van der Waals surface area (Å²) in [6.07, 6.45) is 2.57. The van der Waals surface area contributed by atoms with E-state index in [-0.39, 0.29) is 15.8 Å². The Labute approximate surface area is 83.2 Å². The van der Waals surface area contributed by atoms with Gasteiger partial charge in [0.1, 0.15) is 22.6 Å². The zero-order valence-corrected chi connectivity index (χ0v) is 7.62. The topological polar surface area (TPSA) is 70.6 Å². The maximum absolute atomic E-state index is 11.0. The van der Waals surface area contributed by atoms with Gasteiger partial charge in [-0.05, 0) is 12.1 Å². The van der Waals surface area contributed by atoms with Crippen LogP contribution in [0.2, 0.25) is 5.02 Å². The van der Waals surface area contributed by atoms with Gasteiger partial charge >= 0.3 is 5.69 Å². The van der Waals surface area contributed by atoms with Crippen molar-refractivity contribution in [1.29, 1.82) is 0 Å². The van der Waals surface area contributed by atoms with Crippen molar-refractivity contribution in [2.45, 2.75) is 0 Å². The van der Waals surface area contributed by atoms with Gasteiger partial charge in [0.2, 0.25) is 0 Å². The minimum atomic E-state index is -0.579. The summed E-state index contributed by atoms with van der Waals surface area (Å²) in [7, 11) is 0. The number of nitrogens with zero attached hydrogens (tertiary/aromatic N) is 1. The first-order chi connectivity index (χ1) is 6.59. The van der Waals surface area contributed by atoms with Gasteiger partial charge in [0.15, 0.2) is 0 Å². The van der Waals surface area contributed by atoms with Gasteiger partial charge in [-0.2, -0.15) is 0 Å². The van der Waals surface area contributed by atoms with Crippen LogP contribution in [0, 0.1) is 15.3 Å². The van der Waals surface area contributed by atoms with Crippen LogP contribution in [0.15, 0.2) is 12.1 Å². The summed E-state index contributed by atoms with van der Waals surface area (Å²) in [6.45, 7) is 0. The molecule has 2 rings (SSSR count). The average molecular weight is 213 g/mol. The number of halogens is 1. The van der Waals surface area contributed by atoms with Crippen molar-refractivity contribution in [1.82, 2.24) is 0 Å². The normalized spacial score (nSPS) is 18.3. The van der Waals surface area contributed by atoms with Crippen molar-refractivity contribution in [2.24, 2.45) is 0 Å². The molecule has 0 saturated heterocycles. The van der Waals surface area contributed by atoms with E-state index in [1.165, 1.54) is 18.5 Å². The largest absolute Gasteiger partial charge is 0.624 e. The van der Waals surface area contributed by atoms with Crippen LogP contribution in [-0.2, 0) is 0 Å². The fraction of sp³-hybridized carbons (Fsp3) is 0. The Morgan fingerprint density at radius 2 is 2.07 bits per heavy atom. The molecule has 1 aliphatic heterocycles. The van der Waals surface area contributed by atoms with E-state index in [0.29, 0.717) is 10.4 Å². The summed E-state index contributed by atoms with van der Waals surface area (Å²) in [6, 6.07) is 3.01. The van der Waals surface area contributed by atoms with E-state index < -0.39 is 4.92 Å². The highest BCUT2D eigenvalue weighted by atomic mass is 35.5. The van der Waals surface area contributed by atoms with Gasteiger partial charge < -0.3 is 10.3 Å². The molecule has 0 fully saturated rings. The second kappa shape index (κ2) is 3.06. The molecule has 1 aromatic rings. The predicted octanol–water partition coefficient (Wildman–Crippen LogP) is -0.880. The molecule has 0 aliphatic carbocycles. The standard InChI is InChI=1S/C8H5ClN2O3/c9-7-2-1-5-3-10(12)4-6(5)8(7)11(13)14/h1-4,10H. The lowest BCUT2D eigenvalue weighted by atomic mass is 10.2. The first kappa shape index (κ1) is 9.14. The van der Waals surface area contributed by atoms with Gasteiger partial charge in [-0.25, -0.2) is 0 Å². The first-order valence-electron chi connectivity index (χ1n) is 3.80. The average Bonchev–Trinajstić information content (AvgIpc) is 2.43. The van der Waals surface area contributed by atoms with Crippen molar-refractivity contribution in [2.75, 3.05) is 0 Å². The molecule has 1 N–H and O–H groups in total. The molecule has 0 amide bonds. The van der Waals surface area contributed by atoms with Crippen LogP contribution < -0.4 is 15.5 Å². The smallest absolute Gasteiger partial charge is 0.301 e. The highest BCUT2D eigenvalue weighted by Crippen LogP contribution is 2.17. The SMILES string of the molecule is O=[N+]([O-])c1c(Cl)ccc2c1=C[NH+]([O-])C=2. The molecule has 1 aromatic carbocycles. The second-order valence-corrected chi connectivity index (χ2v) is 3.25. The fourth-order valence-corrected chi connectivity index (χ4v) is 1.63. The number of nitrogens with one attached hydrogen (secondary N) is 1. The highest BCUT2D eigenvalue weighted by molar-refractivity contribution is 6.32. The molecule has 1 aliphatic rings. The molecular formula is C8H5ClN2O3. The van der Waals surface area contributed by atoms with E-state index >= 15 is 0 Å². The third-order valence-electron chi connectivity index (χ3n) is 1.97. The molecule has 0 aromatic heterocycles. The number of hydrogen-bond acceptors (Lipinski definition) is 3. The zero-order chi connectivity index (χ0) is 10.3. The Balaban J connectivity index is 2.87. The Hall–Kier alpha value is -1.43. The molecule has 0 saturated carbocycles. The van der Waals surface area contributed by atoms with Gasteiger partial charge in [-0.1, -0.05) is 11.6 Å². The van der Waals surface area contributed by atoms with E-state index in [2.05, 4.69) is 0 Å². The molecule has 0 spiro atoms. The molecule has 6 heteroatoms. The van der Waals surface area contributed by atoms with Crippen molar-refractivity contribution in [3.05, 3.63) is 42.9 Å². The predicted molar refractivity (Wildman–Crippen MR) is 50.6 cm³/mol. The monoisotopic (exact) mass is 212 g/mol. The summed E-state index contributed by atoms with van der Waals surface area (Å²) < 4.78 is 0. The van der Waals surface area contributed by atoms with Gasteiger partial charge in [-0.3, -0.25) is 10.1 Å². The Kier molecular flexibility index (Phi) is 1.99. The molecule has 1 unspecified atom stereocenters. The number of rotatable bonds is 1. The van der Waals surface area contributed by atoms with Crippen LogP contribution in [-0.4, -0.2) is 4.92 Å². The Morgan fingerprint density at radius 1 is 1.36 bits per heavy atom. The first-order valence-corrected chi connectivity index (χ1v) is 4.18. The lowest BCUT2D eigenvalue weighted by Crippen LogP contribution is -2.95. The van der Waals surface area contributed by atoms with Crippen LogP contribution in [0.3, 0.4) is 0 Å². The van der Waals surface area contributed by atoms with E-state index in [9.17, 15) is 15.3 Å². The lowest BCUT2D eigenvalue weighted by Gasteiger charge is -2.04. The Morgan fingerprint density at radius 3 is 2.71 bits per heavy atom. The molecule has 72 valence electrons. The van der Waals surface area contributed by atoms with Crippen molar-refractivity contribution < 1.29 is 9.99 Å². The molecule has 5 nitrogen and oxygen atoms in total. The zero-order valence-electron chi connectivity index (χ0n) is 6.86. The van der Waals surface area contributed by atoms with Crippen LogP contribution in [0.1, 0.15) is 0 Å². The third-order valence-corrected chi connectivity index (χ3v) is 2.27. The van der Waals surface area contributed by atoms with Gasteiger partial charge in [-0.15, -0.1) is 0 Å². The minimum Gasteiger partial charge on any atom is -0.624 e. The lowest BCUT2D eigenvalue weighted by molar-refractivity contribution is -0.660. The second-order valence-electron chi connectivity index (χ2n) is 2.85. The fourth-order valence-electron chi connectivity index (χ4n) is 1.40. The summed E-state index contributed by atoms with van der Waals surface area (Å²) in [5.74, 6) is 0. The third kappa shape index (κ3) is 1.27. The molecule has 14 heavy (non-hydrogen) atoms. The number of quaternary nitrogens is 1. The van der Waals surface area contributed by atoms with Crippen LogP contribution in [0.4, 0.5) is 5.69 Å². The maximum atomic E-state index is 11.0. The molecule has 1 heterocycles.